The largest absolute Gasteiger partial charge is 0.872 e. The molecule has 3 aromatic rings. The van der Waals surface area contributed by atoms with Gasteiger partial charge in [-0.3, -0.25) is 9.59 Å². The van der Waals surface area contributed by atoms with Crippen molar-refractivity contribution in [1.82, 2.24) is 4.90 Å². The molecule has 0 spiro atoms. The second kappa shape index (κ2) is 9.14. The van der Waals surface area contributed by atoms with Gasteiger partial charge in [0.1, 0.15) is 5.75 Å². The van der Waals surface area contributed by atoms with Crippen molar-refractivity contribution >= 4 is 17.4 Å². The fourth-order valence-electron chi connectivity index (χ4n) is 4.19. The Morgan fingerprint density at radius 1 is 1.06 bits per heavy atom. The van der Waals surface area contributed by atoms with E-state index in [0.717, 1.165) is 16.7 Å². The number of Topliss-reactive ketones (excluding diaryl/α,β-unsaturated/α-hetero) is 1. The second-order valence-corrected chi connectivity index (χ2v) is 9.42. The quantitative estimate of drug-likeness (QED) is 0.335. The number of methoxy groups -OCH3 is 1. The molecule has 6 nitrogen and oxygen atoms in total. The molecule has 1 atom stereocenters. The van der Waals surface area contributed by atoms with Gasteiger partial charge in [0.25, 0.3) is 5.91 Å². The van der Waals surface area contributed by atoms with E-state index in [-0.39, 0.29) is 17.5 Å². The van der Waals surface area contributed by atoms with Gasteiger partial charge in [-0.1, -0.05) is 62.9 Å². The molecular weight excluding hydrogens is 428 g/mol. The Kier molecular flexibility index (Phi) is 6.24. The third kappa shape index (κ3) is 4.44. The van der Waals surface area contributed by atoms with Crippen LogP contribution in [0.5, 0.6) is 5.75 Å². The van der Waals surface area contributed by atoms with Crippen molar-refractivity contribution in [2.45, 2.75) is 38.8 Å². The first-order valence-electron chi connectivity index (χ1n) is 11.2. The fourth-order valence-corrected chi connectivity index (χ4v) is 4.19. The number of nitrogens with one attached hydrogen (secondary N) is 1. The third-order valence-electron chi connectivity index (χ3n) is 6.08. The molecule has 0 radical (unpaired) electrons. The maximum atomic E-state index is 13.6. The minimum atomic E-state index is -0.784. The van der Waals surface area contributed by atoms with Gasteiger partial charge < -0.3 is 14.7 Å². The SMILES string of the molecule is COc1cccc(C([O-])=C2C(=O)C(=O)N(Cc3ccc[nH+]c3)C2c2ccc(C(C)(C)C)cc2)c1. The second-order valence-electron chi connectivity index (χ2n) is 9.42. The number of amides is 1. The topological polar surface area (TPSA) is 83.8 Å². The number of rotatable bonds is 5. The smallest absolute Gasteiger partial charge is 0.295 e. The number of H-pyrrole nitrogens is 1. The summed E-state index contributed by atoms with van der Waals surface area (Å²) in [5.41, 5.74) is 2.89. The maximum Gasteiger partial charge on any atom is 0.295 e. The van der Waals surface area contributed by atoms with Crippen LogP contribution in [-0.2, 0) is 21.5 Å². The van der Waals surface area contributed by atoms with Gasteiger partial charge in [0, 0.05) is 17.2 Å². The van der Waals surface area contributed by atoms with Crippen LogP contribution in [0.2, 0.25) is 0 Å². The molecule has 1 unspecified atom stereocenters. The van der Waals surface area contributed by atoms with Crippen molar-refractivity contribution in [3.63, 3.8) is 0 Å². The Labute approximate surface area is 199 Å². The molecule has 1 saturated heterocycles. The number of benzene rings is 2. The summed E-state index contributed by atoms with van der Waals surface area (Å²) in [5, 5.41) is 13.6. The van der Waals surface area contributed by atoms with Gasteiger partial charge in [-0.2, -0.15) is 0 Å². The lowest BCUT2D eigenvalue weighted by Crippen LogP contribution is -2.29. The summed E-state index contributed by atoms with van der Waals surface area (Å²) in [6.45, 7) is 6.55. The minimum absolute atomic E-state index is 0.0401. The lowest BCUT2D eigenvalue weighted by atomic mass is 9.85. The van der Waals surface area contributed by atoms with Crippen molar-refractivity contribution in [2.75, 3.05) is 7.11 Å². The monoisotopic (exact) mass is 456 g/mol. The van der Waals surface area contributed by atoms with E-state index in [1.54, 1.807) is 36.7 Å². The molecule has 1 amide bonds. The molecule has 0 bridgehead atoms. The number of aromatic nitrogens is 1. The van der Waals surface area contributed by atoms with Crippen molar-refractivity contribution in [2.24, 2.45) is 0 Å². The zero-order valence-corrected chi connectivity index (χ0v) is 19.8. The number of pyridine rings is 1. The standard InChI is InChI=1S/C28H28N2O4/c1-28(2,3)21-12-10-19(11-13-21)24-23(25(31)20-8-5-9-22(15-20)34-4)26(32)27(33)30(24)17-18-7-6-14-29-16-18/h5-16,24,31H,17H2,1-4H3. The Hall–Kier alpha value is -3.93. The summed E-state index contributed by atoms with van der Waals surface area (Å²) >= 11 is 0. The Morgan fingerprint density at radius 3 is 2.41 bits per heavy atom. The number of likely N-dealkylation sites (tertiary alicyclic amines) is 1. The molecule has 34 heavy (non-hydrogen) atoms. The molecular formula is C28H28N2O4. The highest BCUT2D eigenvalue weighted by Crippen LogP contribution is 2.40. The van der Waals surface area contributed by atoms with E-state index in [1.807, 2.05) is 36.4 Å². The van der Waals surface area contributed by atoms with E-state index in [4.69, 9.17) is 4.74 Å². The highest BCUT2D eigenvalue weighted by Gasteiger charge is 2.44. The molecule has 2 heterocycles. The van der Waals surface area contributed by atoms with Crippen LogP contribution in [-0.4, -0.2) is 23.7 Å². The van der Waals surface area contributed by atoms with Crippen LogP contribution in [0, 0.1) is 0 Å². The number of carbonyl (C=O) groups is 2. The van der Waals surface area contributed by atoms with E-state index in [9.17, 15) is 14.7 Å². The fraction of sp³-hybridized carbons (Fsp3) is 0.250. The van der Waals surface area contributed by atoms with Crippen molar-refractivity contribution in [3.8, 4) is 5.75 Å². The zero-order chi connectivity index (χ0) is 24.5. The van der Waals surface area contributed by atoms with Gasteiger partial charge in [-0.15, -0.1) is 0 Å². The molecule has 2 aromatic carbocycles. The number of nitrogens with zero attached hydrogens (tertiary/aromatic N) is 1. The van der Waals surface area contributed by atoms with Gasteiger partial charge in [0.05, 0.1) is 19.7 Å². The molecule has 1 aliphatic heterocycles. The number of aromatic amines is 1. The van der Waals surface area contributed by atoms with E-state index < -0.39 is 23.5 Å². The van der Waals surface area contributed by atoms with Crippen LogP contribution in [0.4, 0.5) is 0 Å². The summed E-state index contributed by atoms with van der Waals surface area (Å²) in [7, 11) is 1.51. The van der Waals surface area contributed by atoms with Crippen molar-refractivity contribution in [3.05, 3.63) is 101 Å². The summed E-state index contributed by atoms with van der Waals surface area (Å²) in [4.78, 5) is 30.8. The van der Waals surface area contributed by atoms with E-state index in [2.05, 4.69) is 25.8 Å². The van der Waals surface area contributed by atoms with E-state index in [1.165, 1.54) is 12.0 Å². The highest BCUT2D eigenvalue weighted by molar-refractivity contribution is 6.46. The number of hydrogen-bond acceptors (Lipinski definition) is 4. The van der Waals surface area contributed by atoms with E-state index in [0.29, 0.717) is 11.3 Å². The first kappa shape index (κ1) is 23.2. The van der Waals surface area contributed by atoms with Gasteiger partial charge in [-0.05, 0) is 40.3 Å². The number of ketones is 1. The van der Waals surface area contributed by atoms with Crippen LogP contribution in [0.25, 0.3) is 5.76 Å². The zero-order valence-electron chi connectivity index (χ0n) is 19.8. The molecule has 0 saturated carbocycles. The predicted octanol–water partition coefficient (Wildman–Crippen LogP) is 3.23. The van der Waals surface area contributed by atoms with Crippen LogP contribution >= 0.6 is 0 Å². The third-order valence-corrected chi connectivity index (χ3v) is 6.08. The Bertz CT molecular complexity index is 1240. The van der Waals surface area contributed by atoms with Gasteiger partial charge >= 0.3 is 0 Å². The minimum Gasteiger partial charge on any atom is -0.872 e. The first-order chi connectivity index (χ1) is 16.2. The summed E-state index contributed by atoms with van der Waals surface area (Å²) in [5.74, 6) is -1.41. The van der Waals surface area contributed by atoms with Crippen LogP contribution < -0.4 is 14.8 Å². The Morgan fingerprint density at radius 2 is 1.79 bits per heavy atom. The molecule has 0 aliphatic carbocycles. The first-order valence-corrected chi connectivity index (χ1v) is 11.2. The molecule has 6 heteroatoms. The number of carbonyl (C=O) groups excluding carboxylic acids is 2. The normalized spacial score (nSPS) is 17.8. The summed E-state index contributed by atoms with van der Waals surface area (Å²) < 4.78 is 5.24. The number of hydrogen-bond donors (Lipinski definition) is 0. The number of ether oxygens (including phenoxy) is 1. The van der Waals surface area contributed by atoms with Crippen molar-refractivity contribution < 1.29 is 24.4 Å². The van der Waals surface area contributed by atoms with Crippen LogP contribution in [0.3, 0.4) is 0 Å². The molecule has 1 aromatic heterocycles. The highest BCUT2D eigenvalue weighted by atomic mass is 16.5. The van der Waals surface area contributed by atoms with Crippen LogP contribution in [0.15, 0.2) is 78.6 Å². The predicted molar refractivity (Wildman–Crippen MR) is 126 cm³/mol. The van der Waals surface area contributed by atoms with Gasteiger partial charge in [0.15, 0.2) is 12.4 Å². The molecule has 1 fully saturated rings. The molecule has 1 aliphatic rings. The molecule has 174 valence electrons. The van der Waals surface area contributed by atoms with Gasteiger partial charge in [-0.25, -0.2) is 4.98 Å². The van der Waals surface area contributed by atoms with Gasteiger partial charge in [0.2, 0.25) is 5.78 Å². The van der Waals surface area contributed by atoms with E-state index >= 15 is 0 Å². The van der Waals surface area contributed by atoms with Crippen LogP contribution in [0.1, 0.15) is 49.1 Å². The molecule has 4 rings (SSSR count). The maximum absolute atomic E-state index is 13.6. The average molecular weight is 457 g/mol. The Balaban J connectivity index is 1.86. The lowest BCUT2D eigenvalue weighted by molar-refractivity contribution is -0.378. The molecule has 1 N–H and O–H groups in total. The summed E-state index contributed by atoms with van der Waals surface area (Å²) in [6.07, 6.45) is 3.55. The van der Waals surface area contributed by atoms with Crippen molar-refractivity contribution in [1.29, 1.82) is 0 Å². The average Bonchev–Trinajstić information content (AvgIpc) is 3.08. The lowest BCUT2D eigenvalue weighted by Gasteiger charge is -2.28. The summed E-state index contributed by atoms with van der Waals surface area (Å²) in [6, 6.07) is 17.3.